The van der Waals surface area contributed by atoms with Gasteiger partial charge in [-0.1, -0.05) is 52.0 Å². The minimum atomic E-state index is -4.46. The Kier molecular flexibility index (Phi) is 21.5. The maximum Gasteiger partial charge on any atom is 0.419 e. The third-order valence-corrected chi connectivity index (χ3v) is 12.1. The first kappa shape index (κ1) is 61.1. The minimum Gasteiger partial charge on any atom is -0.466 e. The monoisotopic (exact) mass is 1090 g/mol. The van der Waals surface area contributed by atoms with Crippen LogP contribution in [0.2, 0.25) is 0 Å². The number of rotatable bonds is 22. The third kappa shape index (κ3) is 17.6. The molecule has 4 aromatic heterocycles. The van der Waals surface area contributed by atoms with E-state index in [4.69, 9.17) is 9.47 Å². The Bertz CT molecular complexity index is 2730. The maximum atomic E-state index is 13.1. The number of carbonyl (C=O) groups is 4. The number of aryl methyl sites for hydroxylation is 4. The number of amides is 2. The molecule has 4 N–H and O–H groups in total. The number of alkyl halides is 6. The molecule has 0 saturated carbocycles. The van der Waals surface area contributed by atoms with E-state index in [2.05, 4.69) is 69.1 Å². The predicted molar refractivity (Wildman–Crippen MR) is 283 cm³/mol. The number of hydrogen-bond donors (Lipinski definition) is 4. The minimum absolute atomic E-state index is 0.0883. The molecule has 0 aliphatic carbocycles. The van der Waals surface area contributed by atoms with E-state index in [0.29, 0.717) is 59.2 Å². The third-order valence-electron chi connectivity index (χ3n) is 12.1. The summed E-state index contributed by atoms with van der Waals surface area (Å²) in [5.74, 6) is 0.398. The zero-order valence-corrected chi connectivity index (χ0v) is 45.4. The van der Waals surface area contributed by atoms with Gasteiger partial charge >= 0.3 is 24.3 Å². The lowest BCUT2D eigenvalue weighted by atomic mass is 9.93. The average molecular weight is 1090 g/mol. The zero-order chi connectivity index (χ0) is 57.5. The maximum absolute atomic E-state index is 13.1. The summed E-state index contributed by atoms with van der Waals surface area (Å²) in [7, 11) is 0. The number of anilines is 2. The quantitative estimate of drug-likeness (QED) is 0.0371. The van der Waals surface area contributed by atoms with Crippen molar-refractivity contribution in [3.63, 3.8) is 0 Å². The van der Waals surface area contributed by atoms with Crippen LogP contribution in [0, 0.1) is 39.5 Å². The van der Waals surface area contributed by atoms with Gasteiger partial charge in [-0.25, -0.2) is 19.3 Å². The van der Waals surface area contributed by atoms with E-state index in [0.717, 1.165) is 71.0 Å². The number of pyridine rings is 2. The van der Waals surface area contributed by atoms with Gasteiger partial charge in [0, 0.05) is 37.9 Å². The summed E-state index contributed by atoms with van der Waals surface area (Å²) in [4.78, 5) is 56.4. The van der Waals surface area contributed by atoms with Crippen LogP contribution in [0.3, 0.4) is 0 Å². The molecular formula is C56H68F6N10O6. The van der Waals surface area contributed by atoms with Crippen LogP contribution in [-0.4, -0.2) is 79.6 Å². The van der Waals surface area contributed by atoms with Gasteiger partial charge in [0.05, 0.1) is 84.2 Å². The number of esters is 2. The summed E-state index contributed by atoms with van der Waals surface area (Å²) in [6.45, 7) is 20.1. The number of benzene rings is 2. The molecule has 2 amide bonds. The first-order valence-corrected chi connectivity index (χ1v) is 25.6. The molecule has 6 rings (SSSR count). The van der Waals surface area contributed by atoms with E-state index < -0.39 is 23.5 Å². The summed E-state index contributed by atoms with van der Waals surface area (Å²) in [6.07, 6.45) is -0.626. The van der Waals surface area contributed by atoms with Crippen molar-refractivity contribution in [2.75, 3.05) is 36.9 Å². The van der Waals surface area contributed by atoms with Crippen molar-refractivity contribution in [2.45, 2.75) is 119 Å². The summed E-state index contributed by atoms with van der Waals surface area (Å²) in [5, 5.41) is 20.1. The Balaban J connectivity index is 0.000000287. The van der Waals surface area contributed by atoms with Gasteiger partial charge in [0.1, 0.15) is 11.6 Å². The zero-order valence-electron chi connectivity index (χ0n) is 45.4. The van der Waals surface area contributed by atoms with Crippen molar-refractivity contribution in [3.8, 4) is 11.4 Å². The van der Waals surface area contributed by atoms with Crippen molar-refractivity contribution in [2.24, 2.45) is 11.8 Å². The van der Waals surface area contributed by atoms with Gasteiger partial charge in [-0.05, 0) is 124 Å². The van der Waals surface area contributed by atoms with Crippen LogP contribution < -0.4 is 21.3 Å². The van der Waals surface area contributed by atoms with Crippen molar-refractivity contribution < 1.29 is 55.0 Å². The highest BCUT2D eigenvalue weighted by Crippen LogP contribution is 2.35. The van der Waals surface area contributed by atoms with E-state index in [-0.39, 0.29) is 61.8 Å². The van der Waals surface area contributed by atoms with Gasteiger partial charge in [0.15, 0.2) is 0 Å². The molecule has 6 aromatic rings. The van der Waals surface area contributed by atoms with Crippen LogP contribution in [0.4, 0.5) is 38.0 Å². The molecule has 78 heavy (non-hydrogen) atoms. The van der Waals surface area contributed by atoms with Crippen molar-refractivity contribution in [3.05, 3.63) is 141 Å². The first-order valence-electron chi connectivity index (χ1n) is 25.6. The molecule has 0 aliphatic rings. The van der Waals surface area contributed by atoms with Crippen LogP contribution in [0.25, 0.3) is 11.4 Å². The lowest BCUT2D eigenvalue weighted by molar-refractivity contribution is -0.143. The van der Waals surface area contributed by atoms with E-state index in [1.165, 1.54) is 21.8 Å². The summed E-state index contributed by atoms with van der Waals surface area (Å²) in [6, 6.07) is 14.3. The standard InChI is InChI=1S/2C28H34F3N5O3/c2*1-6-39-25(37)9-10-32-27(38)20-7-8-24(33-14-20)35-23(11-17(2)3)21-12-18(4)26(19(5)13-21)36-16-22(15-34-36)28(29,30)31/h2*7-8,12-17,23H,6,9-11H2,1-5H3,(H,32,38)(H,33,35)/t2*23-/m10/s1. The highest BCUT2D eigenvalue weighted by molar-refractivity contribution is 5.94. The summed E-state index contributed by atoms with van der Waals surface area (Å²) >= 11 is 0. The molecule has 4 heterocycles. The van der Waals surface area contributed by atoms with Crippen LogP contribution in [0.5, 0.6) is 0 Å². The van der Waals surface area contributed by atoms with E-state index >= 15 is 0 Å². The smallest absolute Gasteiger partial charge is 0.419 e. The number of ether oxygens (including phenoxy) is 2. The van der Waals surface area contributed by atoms with Crippen molar-refractivity contribution in [1.82, 2.24) is 40.2 Å². The van der Waals surface area contributed by atoms with Gasteiger partial charge in [0.25, 0.3) is 11.8 Å². The van der Waals surface area contributed by atoms with Crippen molar-refractivity contribution >= 4 is 35.4 Å². The molecule has 0 saturated heterocycles. The number of hydrogen-bond acceptors (Lipinski definition) is 12. The van der Waals surface area contributed by atoms with Crippen LogP contribution in [-0.2, 0) is 31.4 Å². The fraction of sp³-hybridized carbons (Fsp3) is 0.429. The van der Waals surface area contributed by atoms with Crippen molar-refractivity contribution in [1.29, 1.82) is 0 Å². The highest BCUT2D eigenvalue weighted by Gasteiger charge is 2.34. The summed E-state index contributed by atoms with van der Waals surface area (Å²) in [5.41, 5.74) is 5.43. The van der Waals surface area contributed by atoms with E-state index in [9.17, 15) is 45.5 Å². The molecule has 0 aliphatic heterocycles. The van der Waals surface area contributed by atoms with Crippen LogP contribution >= 0.6 is 0 Å². The molecule has 22 heteroatoms. The van der Waals surface area contributed by atoms with Gasteiger partial charge < -0.3 is 30.7 Å². The van der Waals surface area contributed by atoms with E-state index in [1.807, 2.05) is 52.0 Å². The molecule has 0 fully saturated rings. The normalized spacial score (nSPS) is 12.3. The van der Waals surface area contributed by atoms with Gasteiger partial charge in [0.2, 0.25) is 0 Å². The van der Waals surface area contributed by atoms with Crippen LogP contribution in [0.1, 0.15) is 145 Å². The summed E-state index contributed by atoms with van der Waals surface area (Å²) < 4.78 is 90.8. The fourth-order valence-corrected chi connectivity index (χ4v) is 8.60. The number of carbonyl (C=O) groups excluding carboxylic acids is 4. The van der Waals surface area contributed by atoms with Gasteiger partial charge in [-0.3, -0.25) is 19.2 Å². The van der Waals surface area contributed by atoms with Gasteiger partial charge in [-0.15, -0.1) is 0 Å². The molecule has 420 valence electrons. The second-order valence-corrected chi connectivity index (χ2v) is 19.5. The highest BCUT2D eigenvalue weighted by atomic mass is 19.4. The number of aromatic nitrogens is 6. The topological polar surface area (TPSA) is 196 Å². The number of nitrogens with zero attached hydrogens (tertiary/aromatic N) is 6. The molecule has 0 unspecified atom stereocenters. The Morgan fingerprint density at radius 3 is 1.17 bits per heavy atom. The number of nitrogens with one attached hydrogen (secondary N) is 4. The van der Waals surface area contributed by atoms with E-state index in [1.54, 1.807) is 38.1 Å². The lowest BCUT2D eigenvalue weighted by Crippen LogP contribution is -2.26. The predicted octanol–water partition coefficient (Wildman–Crippen LogP) is 11.6. The van der Waals surface area contributed by atoms with Gasteiger partial charge in [-0.2, -0.15) is 36.5 Å². The Morgan fingerprint density at radius 2 is 0.897 bits per heavy atom. The molecule has 0 bridgehead atoms. The Labute approximate surface area is 450 Å². The first-order chi connectivity index (χ1) is 36.8. The Hall–Kier alpha value is -7.78. The van der Waals surface area contributed by atoms with Crippen LogP contribution in [0.15, 0.2) is 85.7 Å². The lowest BCUT2D eigenvalue weighted by Gasteiger charge is -2.24. The SMILES string of the molecule is CCOC(=O)CCNC(=O)c1ccc(N[C@@H](CC(C)C)c2cc(C)c(-n3cc(C(F)(F)F)cn3)c(C)c2)nc1.CCOC(=O)CCNC(=O)c1ccc(N[C@H](CC(C)C)c2cc(C)c(-n3cc(C(F)(F)F)cn3)c(C)c2)nc1. The Morgan fingerprint density at radius 1 is 0.551 bits per heavy atom. The molecule has 0 spiro atoms. The molecule has 16 nitrogen and oxygen atoms in total. The second-order valence-electron chi connectivity index (χ2n) is 19.5. The largest absolute Gasteiger partial charge is 0.466 e. The average Bonchev–Trinajstić information content (AvgIpc) is 4.07. The second kappa shape index (κ2) is 27.5. The molecule has 0 radical (unpaired) electrons. The molecular weight excluding hydrogens is 1020 g/mol. The fourth-order valence-electron chi connectivity index (χ4n) is 8.60. The molecule has 2 atom stereocenters. The number of halogens is 6. The molecule has 2 aromatic carbocycles.